The van der Waals surface area contributed by atoms with Crippen molar-refractivity contribution in [3.63, 3.8) is 0 Å². The molecule has 2 aromatic carbocycles. The molecule has 0 saturated carbocycles. The van der Waals surface area contributed by atoms with Gasteiger partial charge < -0.3 is 0 Å². The lowest BCUT2D eigenvalue weighted by Crippen LogP contribution is -2.40. The van der Waals surface area contributed by atoms with Gasteiger partial charge in [-0.3, -0.25) is 11.3 Å². The number of fused-ring (bicyclic) bond motifs is 1. The predicted octanol–water partition coefficient (Wildman–Crippen LogP) is 3.55. The van der Waals surface area contributed by atoms with E-state index in [1.165, 1.54) is 23.1 Å². The standard InChI is InChI=1S/C17H19BrN2/c18-16-8-4-2-6-13(16)11-17(20-19)15-10-9-12-5-1-3-7-14(12)15/h1-8,15,17,20H,9-11,19H2. The summed E-state index contributed by atoms with van der Waals surface area (Å²) in [5.74, 6) is 6.35. The molecule has 0 saturated heterocycles. The zero-order chi connectivity index (χ0) is 13.9. The second-order valence-corrected chi connectivity index (χ2v) is 6.27. The second-order valence-electron chi connectivity index (χ2n) is 5.41. The third-order valence-corrected chi connectivity index (χ3v) is 5.05. The molecule has 0 aromatic heterocycles. The number of nitrogens with two attached hydrogens (primary N) is 1. The van der Waals surface area contributed by atoms with E-state index < -0.39 is 0 Å². The summed E-state index contributed by atoms with van der Waals surface area (Å²) in [7, 11) is 0. The SMILES string of the molecule is NNC(Cc1ccccc1Br)C1CCc2ccccc21. The van der Waals surface area contributed by atoms with E-state index >= 15 is 0 Å². The second kappa shape index (κ2) is 6.08. The Hall–Kier alpha value is -1.16. The largest absolute Gasteiger partial charge is 0.271 e. The summed E-state index contributed by atoms with van der Waals surface area (Å²) in [5.41, 5.74) is 7.28. The normalized spacial score (nSPS) is 18.8. The highest BCUT2D eigenvalue weighted by molar-refractivity contribution is 9.10. The van der Waals surface area contributed by atoms with E-state index in [1.807, 2.05) is 6.07 Å². The first-order chi connectivity index (χ1) is 9.79. The van der Waals surface area contributed by atoms with Crippen LogP contribution in [0.5, 0.6) is 0 Å². The van der Waals surface area contributed by atoms with Gasteiger partial charge in [-0.15, -0.1) is 0 Å². The van der Waals surface area contributed by atoms with Gasteiger partial charge in [0.2, 0.25) is 0 Å². The summed E-state index contributed by atoms with van der Waals surface area (Å²) in [6.45, 7) is 0. The first kappa shape index (κ1) is 13.8. The summed E-state index contributed by atoms with van der Waals surface area (Å²) in [6.07, 6.45) is 3.28. The van der Waals surface area contributed by atoms with Crippen molar-refractivity contribution >= 4 is 15.9 Å². The zero-order valence-corrected chi connectivity index (χ0v) is 12.9. The molecule has 2 aromatic rings. The maximum atomic E-state index is 5.84. The van der Waals surface area contributed by atoms with Gasteiger partial charge in [0.1, 0.15) is 0 Å². The van der Waals surface area contributed by atoms with Gasteiger partial charge in [0.15, 0.2) is 0 Å². The van der Waals surface area contributed by atoms with Gasteiger partial charge in [0.05, 0.1) is 0 Å². The molecule has 0 radical (unpaired) electrons. The average molecular weight is 331 g/mol. The Morgan fingerprint density at radius 2 is 1.90 bits per heavy atom. The van der Waals surface area contributed by atoms with E-state index in [1.54, 1.807) is 0 Å². The maximum absolute atomic E-state index is 5.84. The Balaban J connectivity index is 1.83. The number of nitrogens with one attached hydrogen (secondary N) is 1. The minimum atomic E-state index is 0.275. The van der Waals surface area contributed by atoms with Crippen molar-refractivity contribution < 1.29 is 0 Å². The van der Waals surface area contributed by atoms with Crippen LogP contribution in [0.15, 0.2) is 53.0 Å². The number of halogens is 1. The van der Waals surface area contributed by atoms with E-state index in [-0.39, 0.29) is 6.04 Å². The van der Waals surface area contributed by atoms with E-state index in [4.69, 9.17) is 5.84 Å². The average Bonchev–Trinajstić information content (AvgIpc) is 2.90. The van der Waals surface area contributed by atoms with Gasteiger partial charge in [-0.2, -0.15) is 0 Å². The minimum Gasteiger partial charge on any atom is -0.271 e. The molecule has 3 N–H and O–H groups in total. The Morgan fingerprint density at radius 3 is 2.70 bits per heavy atom. The molecule has 2 atom stereocenters. The van der Waals surface area contributed by atoms with Crippen LogP contribution >= 0.6 is 15.9 Å². The van der Waals surface area contributed by atoms with Gasteiger partial charge in [-0.05, 0) is 42.0 Å². The van der Waals surface area contributed by atoms with Crippen LogP contribution < -0.4 is 11.3 Å². The van der Waals surface area contributed by atoms with Crippen molar-refractivity contribution in [2.24, 2.45) is 5.84 Å². The smallest absolute Gasteiger partial charge is 0.0320 e. The third kappa shape index (κ3) is 2.66. The highest BCUT2D eigenvalue weighted by atomic mass is 79.9. The Morgan fingerprint density at radius 1 is 1.15 bits per heavy atom. The summed E-state index contributed by atoms with van der Waals surface area (Å²) >= 11 is 3.63. The van der Waals surface area contributed by atoms with Crippen molar-refractivity contribution in [3.05, 3.63) is 69.7 Å². The molecule has 0 spiro atoms. The molecule has 3 rings (SSSR count). The van der Waals surface area contributed by atoms with Crippen LogP contribution in [0, 0.1) is 0 Å². The molecule has 0 aliphatic heterocycles. The molecular formula is C17H19BrN2. The first-order valence-corrected chi connectivity index (χ1v) is 7.86. The molecular weight excluding hydrogens is 312 g/mol. The number of benzene rings is 2. The van der Waals surface area contributed by atoms with E-state index in [9.17, 15) is 0 Å². The number of hydrogen-bond acceptors (Lipinski definition) is 2. The van der Waals surface area contributed by atoms with Crippen LogP contribution in [0.4, 0.5) is 0 Å². The van der Waals surface area contributed by atoms with Crippen molar-refractivity contribution in [1.29, 1.82) is 0 Å². The third-order valence-electron chi connectivity index (χ3n) is 4.28. The molecule has 0 bridgehead atoms. The summed E-state index contributed by atoms with van der Waals surface area (Å²) < 4.78 is 1.16. The highest BCUT2D eigenvalue weighted by Gasteiger charge is 2.29. The molecule has 2 unspecified atom stereocenters. The van der Waals surface area contributed by atoms with Gasteiger partial charge in [0.25, 0.3) is 0 Å². The van der Waals surface area contributed by atoms with Gasteiger partial charge in [0, 0.05) is 16.4 Å². The number of aryl methyl sites for hydroxylation is 1. The Kier molecular flexibility index (Phi) is 4.20. The summed E-state index contributed by atoms with van der Waals surface area (Å²) in [5, 5.41) is 0. The number of hydrazine groups is 1. The number of rotatable bonds is 4. The quantitative estimate of drug-likeness (QED) is 0.664. The Labute approximate surface area is 128 Å². The molecule has 0 fully saturated rings. The fourth-order valence-electron chi connectivity index (χ4n) is 3.23. The monoisotopic (exact) mass is 330 g/mol. The molecule has 1 aliphatic rings. The maximum Gasteiger partial charge on any atom is 0.0320 e. The van der Waals surface area contributed by atoms with E-state index in [0.29, 0.717) is 5.92 Å². The predicted molar refractivity (Wildman–Crippen MR) is 86.5 cm³/mol. The van der Waals surface area contributed by atoms with Crippen molar-refractivity contribution in [3.8, 4) is 0 Å². The lowest BCUT2D eigenvalue weighted by Gasteiger charge is -2.24. The molecule has 20 heavy (non-hydrogen) atoms. The van der Waals surface area contributed by atoms with Gasteiger partial charge >= 0.3 is 0 Å². The van der Waals surface area contributed by atoms with Crippen LogP contribution in [0.2, 0.25) is 0 Å². The molecule has 104 valence electrons. The number of hydrogen-bond donors (Lipinski definition) is 2. The van der Waals surface area contributed by atoms with Crippen molar-refractivity contribution in [2.75, 3.05) is 0 Å². The fraction of sp³-hybridized carbons (Fsp3) is 0.294. The Bertz CT molecular complexity index is 597. The fourth-order valence-corrected chi connectivity index (χ4v) is 3.67. The van der Waals surface area contributed by atoms with Gasteiger partial charge in [-0.25, -0.2) is 0 Å². The lowest BCUT2D eigenvalue weighted by atomic mass is 9.89. The van der Waals surface area contributed by atoms with Crippen LogP contribution in [-0.2, 0) is 12.8 Å². The van der Waals surface area contributed by atoms with Gasteiger partial charge in [-0.1, -0.05) is 58.4 Å². The van der Waals surface area contributed by atoms with Crippen LogP contribution in [0.25, 0.3) is 0 Å². The lowest BCUT2D eigenvalue weighted by molar-refractivity contribution is 0.434. The van der Waals surface area contributed by atoms with Crippen LogP contribution in [0.3, 0.4) is 0 Å². The van der Waals surface area contributed by atoms with Crippen LogP contribution in [0.1, 0.15) is 29.0 Å². The highest BCUT2D eigenvalue weighted by Crippen LogP contribution is 2.36. The topological polar surface area (TPSA) is 38.0 Å². The van der Waals surface area contributed by atoms with Crippen LogP contribution in [-0.4, -0.2) is 6.04 Å². The minimum absolute atomic E-state index is 0.275. The molecule has 3 heteroatoms. The molecule has 0 amide bonds. The van der Waals surface area contributed by atoms with E-state index in [2.05, 4.69) is 63.8 Å². The zero-order valence-electron chi connectivity index (χ0n) is 11.4. The van der Waals surface area contributed by atoms with Crippen molar-refractivity contribution in [2.45, 2.75) is 31.2 Å². The molecule has 1 aliphatic carbocycles. The summed E-state index contributed by atoms with van der Waals surface area (Å²) in [6, 6.07) is 17.4. The first-order valence-electron chi connectivity index (χ1n) is 7.07. The van der Waals surface area contributed by atoms with E-state index in [0.717, 1.165) is 17.3 Å². The summed E-state index contributed by atoms with van der Waals surface area (Å²) in [4.78, 5) is 0. The molecule has 0 heterocycles. The molecule has 2 nitrogen and oxygen atoms in total. The van der Waals surface area contributed by atoms with Crippen molar-refractivity contribution in [1.82, 2.24) is 5.43 Å².